The van der Waals surface area contributed by atoms with Crippen LogP contribution < -0.4 is 5.32 Å². The zero-order chi connectivity index (χ0) is 9.80. The quantitative estimate of drug-likeness (QED) is 0.835. The Morgan fingerprint density at radius 2 is 2.07 bits per heavy atom. The van der Waals surface area contributed by atoms with E-state index >= 15 is 0 Å². The molecule has 1 N–H and O–H groups in total. The Morgan fingerprint density at radius 1 is 1.29 bits per heavy atom. The van der Waals surface area contributed by atoms with Gasteiger partial charge in [-0.3, -0.25) is 0 Å². The van der Waals surface area contributed by atoms with Gasteiger partial charge in [0.05, 0.1) is 0 Å². The molecule has 78 valence electrons. The second-order valence-corrected chi connectivity index (χ2v) is 4.82. The summed E-state index contributed by atoms with van der Waals surface area (Å²) in [4.78, 5) is 0. The highest BCUT2D eigenvalue weighted by Gasteiger charge is 2.19. The Bertz CT molecular complexity index is 279. The molecule has 0 radical (unpaired) electrons. The number of rotatable bonds is 3. The zero-order valence-corrected chi connectivity index (χ0v) is 9.44. The molecule has 0 unspecified atom stereocenters. The van der Waals surface area contributed by atoms with Crippen LogP contribution in [0, 0.1) is 0 Å². The molecule has 0 saturated heterocycles. The minimum Gasteiger partial charge on any atom is -0.360 e. The maximum atomic E-state index is 4.26. The Balaban J connectivity index is 2.00. The van der Waals surface area contributed by atoms with E-state index in [1.165, 1.54) is 37.1 Å². The van der Waals surface area contributed by atoms with Gasteiger partial charge in [0.2, 0.25) is 5.13 Å². The molecule has 1 aliphatic carbocycles. The van der Waals surface area contributed by atoms with Crippen LogP contribution in [-0.4, -0.2) is 16.7 Å². The van der Waals surface area contributed by atoms with E-state index in [-0.39, 0.29) is 0 Å². The monoisotopic (exact) mass is 211 g/mol. The molecule has 0 aromatic carbocycles. The van der Waals surface area contributed by atoms with E-state index in [2.05, 4.69) is 22.4 Å². The van der Waals surface area contributed by atoms with E-state index in [0.717, 1.165) is 11.7 Å². The minimum atomic E-state index is 0.689. The fourth-order valence-electron chi connectivity index (χ4n) is 1.97. The molecule has 4 heteroatoms. The topological polar surface area (TPSA) is 37.8 Å². The average Bonchev–Trinajstić information content (AvgIpc) is 2.68. The van der Waals surface area contributed by atoms with Crippen molar-refractivity contribution in [1.82, 2.24) is 10.2 Å². The molecule has 0 aliphatic heterocycles. The molecule has 0 amide bonds. The maximum Gasteiger partial charge on any atom is 0.205 e. The normalized spacial score (nSPS) is 18.4. The summed E-state index contributed by atoms with van der Waals surface area (Å²) in [6, 6.07) is 0. The van der Waals surface area contributed by atoms with Gasteiger partial charge in [-0.15, -0.1) is 10.2 Å². The van der Waals surface area contributed by atoms with Crippen LogP contribution in [0.5, 0.6) is 0 Å². The van der Waals surface area contributed by atoms with E-state index < -0.39 is 0 Å². The number of hydrogen-bond acceptors (Lipinski definition) is 4. The Morgan fingerprint density at radius 3 is 2.79 bits per heavy atom. The largest absolute Gasteiger partial charge is 0.360 e. The van der Waals surface area contributed by atoms with E-state index in [0.29, 0.717) is 5.92 Å². The van der Waals surface area contributed by atoms with E-state index in [4.69, 9.17) is 0 Å². The molecule has 1 fully saturated rings. The molecule has 0 atom stereocenters. The molecular formula is C10H17N3S. The van der Waals surface area contributed by atoms with Crippen molar-refractivity contribution in [1.29, 1.82) is 0 Å². The standard InChI is InChI=1S/C10H17N3S/c1-2-11-10-13-12-9(14-10)8-6-4-3-5-7-8/h8H,2-7H2,1H3,(H,11,13). The molecule has 1 aliphatic rings. The third-order valence-electron chi connectivity index (χ3n) is 2.72. The van der Waals surface area contributed by atoms with E-state index in [9.17, 15) is 0 Å². The Hall–Kier alpha value is -0.640. The van der Waals surface area contributed by atoms with Gasteiger partial charge < -0.3 is 5.32 Å². The van der Waals surface area contributed by atoms with Gasteiger partial charge >= 0.3 is 0 Å². The van der Waals surface area contributed by atoms with Gasteiger partial charge in [-0.25, -0.2) is 0 Å². The van der Waals surface area contributed by atoms with Crippen molar-refractivity contribution in [3.8, 4) is 0 Å². The van der Waals surface area contributed by atoms with Crippen LogP contribution in [0.4, 0.5) is 5.13 Å². The van der Waals surface area contributed by atoms with Gasteiger partial charge in [0.1, 0.15) is 5.01 Å². The number of hydrogen-bond donors (Lipinski definition) is 1. The zero-order valence-electron chi connectivity index (χ0n) is 8.62. The maximum absolute atomic E-state index is 4.26. The summed E-state index contributed by atoms with van der Waals surface area (Å²) in [6.07, 6.45) is 6.73. The third kappa shape index (κ3) is 2.23. The van der Waals surface area contributed by atoms with Crippen molar-refractivity contribution in [3.05, 3.63) is 5.01 Å². The average molecular weight is 211 g/mol. The van der Waals surface area contributed by atoms with Crippen LogP contribution in [0.2, 0.25) is 0 Å². The lowest BCUT2D eigenvalue weighted by atomic mass is 9.90. The number of nitrogens with zero attached hydrogens (tertiary/aromatic N) is 2. The highest BCUT2D eigenvalue weighted by Crippen LogP contribution is 2.34. The highest BCUT2D eigenvalue weighted by atomic mass is 32.1. The summed E-state index contributed by atoms with van der Waals surface area (Å²) in [7, 11) is 0. The molecule has 3 nitrogen and oxygen atoms in total. The van der Waals surface area contributed by atoms with Crippen molar-refractivity contribution in [2.45, 2.75) is 44.9 Å². The molecule has 1 heterocycles. The molecule has 0 bridgehead atoms. The van der Waals surface area contributed by atoms with E-state index in [1.54, 1.807) is 11.3 Å². The summed E-state index contributed by atoms with van der Waals surface area (Å²) in [5, 5.41) is 13.8. The highest BCUT2D eigenvalue weighted by molar-refractivity contribution is 7.15. The first kappa shape index (κ1) is 9.90. The van der Waals surface area contributed by atoms with Crippen molar-refractivity contribution >= 4 is 16.5 Å². The third-order valence-corrected chi connectivity index (χ3v) is 3.77. The van der Waals surface area contributed by atoms with E-state index in [1.807, 2.05) is 0 Å². The number of nitrogens with one attached hydrogen (secondary N) is 1. The van der Waals surface area contributed by atoms with Gasteiger partial charge in [-0.2, -0.15) is 0 Å². The summed E-state index contributed by atoms with van der Waals surface area (Å²) in [5.41, 5.74) is 0. The molecule has 1 saturated carbocycles. The fraction of sp³-hybridized carbons (Fsp3) is 0.800. The Kier molecular flexibility index (Phi) is 3.35. The lowest BCUT2D eigenvalue weighted by molar-refractivity contribution is 0.440. The minimum absolute atomic E-state index is 0.689. The summed E-state index contributed by atoms with van der Waals surface area (Å²) < 4.78 is 0. The molecule has 14 heavy (non-hydrogen) atoms. The summed E-state index contributed by atoms with van der Waals surface area (Å²) >= 11 is 1.73. The summed E-state index contributed by atoms with van der Waals surface area (Å²) in [6.45, 7) is 3.01. The van der Waals surface area contributed by atoms with Crippen LogP contribution in [0.1, 0.15) is 50.0 Å². The summed E-state index contributed by atoms with van der Waals surface area (Å²) in [5.74, 6) is 0.689. The first-order chi connectivity index (χ1) is 6.90. The molecular weight excluding hydrogens is 194 g/mol. The van der Waals surface area contributed by atoms with Gasteiger partial charge in [0.25, 0.3) is 0 Å². The second kappa shape index (κ2) is 4.73. The van der Waals surface area contributed by atoms with Crippen molar-refractivity contribution in [2.75, 3.05) is 11.9 Å². The lowest BCUT2D eigenvalue weighted by Gasteiger charge is -2.18. The number of anilines is 1. The van der Waals surface area contributed by atoms with Gasteiger partial charge in [0, 0.05) is 12.5 Å². The lowest BCUT2D eigenvalue weighted by Crippen LogP contribution is -2.03. The molecule has 0 spiro atoms. The van der Waals surface area contributed by atoms with Gasteiger partial charge in [0.15, 0.2) is 0 Å². The first-order valence-electron chi connectivity index (χ1n) is 5.47. The van der Waals surface area contributed by atoms with Gasteiger partial charge in [-0.1, -0.05) is 30.6 Å². The van der Waals surface area contributed by atoms with Gasteiger partial charge in [-0.05, 0) is 19.8 Å². The van der Waals surface area contributed by atoms with Crippen LogP contribution >= 0.6 is 11.3 Å². The smallest absolute Gasteiger partial charge is 0.205 e. The van der Waals surface area contributed by atoms with Crippen LogP contribution in [0.3, 0.4) is 0 Å². The fourth-order valence-corrected chi connectivity index (χ4v) is 2.95. The van der Waals surface area contributed by atoms with Crippen LogP contribution in [0.15, 0.2) is 0 Å². The number of aromatic nitrogens is 2. The SMILES string of the molecule is CCNc1nnc(C2CCCCC2)s1. The van der Waals surface area contributed by atoms with Crippen molar-refractivity contribution in [2.24, 2.45) is 0 Å². The first-order valence-corrected chi connectivity index (χ1v) is 6.29. The van der Waals surface area contributed by atoms with Crippen LogP contribution in [0.25, 0.3) is 0 Å². The molecule has 1 aromatic heterocycles. The predicted molar refractivity (Wildman–Crippen MR) is 59.9 cm³/mol. The predicted octanol–water partition coefficient (Wildman–Crippen LogP) is 3.02. The Labute approximate surface area is 88.9 Å². The van der Waals surface area contributed by atoms with Crippen molar-refractivity contribution in [3.63, 3.8) is 0 Å². The molecule has 2 rings (SSSR count). The molecule has 1 aromatic rings. The van der Waals surface area contributed by atoms with Crippen LogP contribution in [-0.2, 0) is 0 Å². The van der Waals surface area contributed by atoms with Crippen molar-refractivity contribution < 1.29 is 0 Å². The second-order valence-electron chi connectivity index (χ2n) is 3.81.